The second kappa shape index (κ2) is 5.43. The molecule has 1 rings (SSSR count). The van der Waals surface area contributed by atoms with Crippen LogP contribution in [0.15, 0.2) is 24.5 Å². The van der Waals surface area contributed by atoms with Crippen molar-refractivity contribution in [2.24, 2.45) is 5.41 Å². The molecule has 0 saturated carbocycles. The predicted octanol–water partition coefficient (Wildman–Crippen LogP) is 0.851. The molecule has 1 amide bonds. The molecule has 0 bridgehead atoms. The number of rotatable bonds is 5. The average molecular weight is 236 g/mol. The maximum Gasteiger partial charge on any atom is 0.310 e. The van der Waals surface area contributed by atoms with Gasteiger partial charge in [0.05, 0.1) is 11.8 Å². The van der Waals surface area contributed by atoms with Crippen LogP contribution < -0.4 is 5.32 Å². The molecule has 0 aliphatic heterocycles. The van der Waals surface area contributed by atoms with Crippen LogP contribution in [-0.4, -0.2) is 28.5 Å². The quantitative estimate of drug-likeness (QED) is 0.794. The number of carbonyl (C=O) groups is 2. The van der Waals surface area contributed by atoms with E-state index in [4.69, 9.17) is 5.11 Å². The number of carboxylic acid groups (broad SMARTS) is 1. The van der Waals surface area contributed by atoms with E-state index in [2.05, 4.69) is 10.3 Å². The zero-order valence-electron chi connectivity index (χ0n) is 9.93. The van der Waals surface area contributed by atoms with E-state index in [1.807, 2.05) is 0 Å². The van der Waals surface area contributed by atoms with E-state index in [0.717, 1.165) is 5.56 Å². The summed E-state index contributed by atoms with van der Waals surface area (Å²) in [6.45, 7) is 3.25. The van der Waals surface area contributed by atoms with Gasteiger partial charge >= 0.3 is 5.97 Å². The van der Waals surface area contributed by atoms with Gasteiger partial charge in [-0.05, 0) is 25.5 Å². The van der Waals surface area contributed by atoms with Crippen molar-refractivity contribution < 1.29 is 14.7 Å². The maximum atomic E-state index is 11.5. The van der Waals surface area contributed by atoms with Crippen molar-refractivity contribution in [2.75, 3.05) is 6.54 Å². The summed E-state index contributed by atoms with van der Waals surface area (Å²) in [5, 5.41) is 11.5. The molecule has 0 aromatic carbocycles. The van der Waals surface area contributed by atoms with Gasteiger partial charge in [-0.25, -0.2) is 0 Å². The third-order valence-corrected chi connectivity index (χ3v) is 2.39. The standard InChI is InChI=1S/C12H16N2O3/c1-12(2,11(16)17)8-14-10(15)6-9-4-3-5-13-7-9/h3-5,7H,6,8H2,1-2H3,(H,14,15)(H,16,17). The summed E-state index contributed by atoms with van der Waals surface area (Å²) in [5.74, 6) is -1.13. The number of pyridine rings is 1. The van der Waals surface area contributed by atoms with E-state index in [1.54, 1.807) is 38.4 Å². The second-order valence-electron chi connectivity index (χ2n) is 4.50. The van der Waals surface area contributed by atoms with Gasteiger partial charge in [0.25, 0.3) is 0 Å². The molecule has 1 aromatic heterocycles. The summed E-state index contributed by atoms with van der Waals surface area (Å²) in [7, 11) is 0. The molecular formula is C12H16N2O3. The Hall–Kier alpha value is -1.91. The largest absolute Gasteiger partial charge is 0.481 e. The highest BCUT2D eigenvalue weighted by Crippen LogP contribution is 2.13. The Kier molecular flexibility index (Phi) is 4.20. The second-order valence-corrected chi connectivity index (χ2v) is 4.50. The fourth-order valence-electron chi connectivity index (χ4n) is 1.15. The number of amides is 1. The summed E-state index contributed by atoms with van der Waals surface area (Å²) in [6, 6.07) is 3.55. The zero-order valence-corrected chi connectivity index (χ0v) is 9.93. The Labute approximate surface area is 99.9 Å². The molecule has 92 valence electrons. The summed E-state index contributed by atoms with van der Waals surface area (Å²) < 4.78 is 0. The number of carbonyl (C=O) groups excluding carboxylic acids is 1. The average Bonchev–Trinajstić information content (AvgIpc) is 2.28. The van der Waals surface area contributed by atoms with E-state index in [1.165, 1.54) is 0 Å². The van der Waals surface area contributed by atoms with Gasteiger partial charge in [-0.3, -0.25) is 14.6 Å². The Morgan fingerprint density at radius 3 is 2.71 bits per heavy atom. The molecule has 0 radical (unpaired) electrons. The van der Waals surface area contributed by atoms with Gasteiger partial charge in [0.2, 0.25) is 5.91 Å². The molecule has 0 unspecified atom stereocenters. The zero-order chi connectivity index (χ0) is 12.9. The van der Waals surface area contributed by atoms with Crippen LogP contribution in [0, 0.1) is 5.41 Å². The maximum absolute atomic E-state index is 11.5. The van der Waals surface area contributed by atoms with E-state index < -0.39 is 11.4 Å². The van der Waals surface area contributed by atoms with E-state index in [9.17, 15) is 9.59 Å². The minimum atomic E-state index is -0.954. The van der Waals surface area contributed by atoms with E-state index in [0.29, 0.717) is 0 Å². The van der Waals surface area contributed by atoms with Gasteiger partial charge in [0.15, 0.2) is 0 Å². The number of hydrogen-bond donors (Lipinski definition) is 2. The molecule has 1 aromatic rings. The Balaban J connectivity index is 2.44. The lowest BCUT2D eigenvalue weighted by Gasteiger charge is -2.19. The third kappa shape index (κ3) is 4.22. The van der Waals surface area contributed by atoms with Crippen molar-refractivity contribution in [3.63, 3.8) is 0 Å². The molecule has 5 heteroatoms. The molecule has 0 atom stereocenters. The van der Waals surface area contributed by atoms with Crippen molar-refractivity contribution in [1.82, 2.24) is 10.3 Å². The lowest BCUT2D eigenvalue weighted by molar-refractivity contribution is -0.146. The number of aromatic nitrogens is 1. The third-order valence-electron chi connectivity index (χ3n) is 2.39. The molecule has 17 heavy (non-hydrogen) atoms. The molecule has 5 nitrogen and oxygen atoms in total. The fraction of sp³-hybridized carbons (Fsp3) is 0.417. The summed E-state index contributed by atoms with van der Waals surface area (Å²) in [4.78, 5) is 26.3. The van der Waals surface area contributed by atoms with Gasteiger partial charge in [-0.15, -0.1) is 0 Å². The first-order chi connectivity index (χ1) is 7.92. The molecule has 0 aliphatic rings. The van der Waals surface area contributed by atoms with Crippen LogP contribution in [0.25, 0.3) is 0 Å². The van der Waals surface area contributed by atoms with Gasteiger partial charge in [-0.1, -0.05) is 6.07 Å². The Bertz CT molecular complexity index is 401. The lowest BCUT2D eigenvalue weighted by atomic mass is 9.94. The Morgan fingerprint density at radius 1 is 1.47 bits per heavy atom. The predicted molar refractivity (Wildman–Crippen MR) is 62.4 cm³/mol. The molecular weight excluding hydrogens is 220 g/mol. The van der Waals surface area contributed by atoms with Crippen LogP contribution in [0.5, 0.6) is 0 Å². The molecule has 2 N–H and O–H groups in total. The van der Waals surface area contributed by atoms with Crippen LogP contribution >= 0.6 is 0 Å². The number of nitrogens with one attached hydrogen (secondary N) is 1. The first kappa shape index (κ1) is 13.2. The van der Waals surface area contributed by atoms with Crippen LogP contribution in [-0.2, 0) is 16.0 Å². The summed E-state index contributed by atoms with van der Waals surface area (Å²) in [6.07, 6.45) is 3.46. The van der Waals surface area contributed by atoms with Crippen molar-refractivity contribution >= 4 is 11.9 Å². The monoisotopic (exact) mass is 236 g/mol. The van der Waals surface area contributed by atoms with Gasteiger partial charge < -0.3 is 10.4 Å². The van der Waals surface area contributed by atoms with Crippen molar-refractivity contribution in [3.8, 4) is 0 Å². The van der Waals surface area contributed by atoms with Crippen LogP contribution in [0.1, 0.15) is 19.4 Å². The molecule has 0 spiro atoms. The van der Waals surface area contributed by atoms with Crippen LogP contribution in [0.2, 0.25) is 0 Å². The number of aliphatic carboxylic acids is 1. The molecule has 0 fully saturated rings. The lowest BCUT2D eigenvalue weighted by Crippen LogP contribution is -2.39. The molecule has 1 heterocycles. The molecule has 0 aliphatic carbocycles. The highest BCUT2D eigenvalue weighted by molar-refractivity contribution is 5.80. The van der Waals surface area contributed by atoms with Gasteiger partial charge in [0, 0.05) is 18.9 Å². The Morgan fingerprint density at radius 2 is 2.18 bits per heavy atom. The van der Waals surface area contributed by atoms with Gasteiger partial charge in [0.1, 0.15) is 0 Å². The van der Waals surface area contributed by atoms with E-state index >= 15 is 0 Å². The van der Waals surface area contributed by atoms with Crippen molar-refractivity contribution in [2.45, 2.75) is 20.3 Å². The number of nitrogens with zero attached hydrogens (tertiary/aromatic N) is 1. The topological polar surface area (TPSA) is 79.3 Å². The highest BCUT2D eigenvalue weighted by Gasteiger charge is 2.27. The normalized spacial score (nSPS) is 10.9. The smallest absolute Gasteiger partial charge is 0.310 e. The van der Waals surface area contributed by atoms with Crippen molar-refractivity contribution in [1.29, 1.82) is 0 Å². The fourth-order valence-corrected chi connectivity index (χ4v) is 1.15. The highest BCUT2D eigenvalue weighted by atomic mass is 16.4. The number of hydrogen-bond acceptors (Lipinski definition) is 3. The van der Waals surface area contributed by atoms with Crippen LogP contribution in [0.4, 0.5) is 0 Å². The summed E-state index contributed by atoms with van der Waals surface area (Å²) in [5.41, 5.74) is -0.150. The van der Waals surface area contributed by atoms with Gasteiger partial charge in [-0.2, -0.15) is 0 Å². The van der Waals surface area contributed by atoms with Crippen molar-refractivity contribution in [3.05, 3.63) is 30.1 Å². The molecule has 0 saturated heterocycles. The van der Waals surface area contributed by atoms with Crippen LogP contribution in [0.3, 0.4) is 0 Å². The summed E-state index contributed by atoms with van der Waals surface area (Å²) >= 11 is 0. The SMILES string of the molecule is CC(C)(CNC(=O)Cc1cccnc1)C(=O)O. The first-order valence-corrected chi connectivity index (χ1v) is 5.31. The first-order valence-electron chi connectivity index (χ1n) is 5.31. The minimum Gasteiger partial charge on any atom is -0.481 e. The minimum absolute atomic E-state index is 0.113. The van der Waals surface area contributed by atoms with E-state index in [-0.39, 0.29) is 18.9 Å². The number of carboxylic acids is 1.